The van der Waals surface area contributed by atoms with Crippen LogP contribution in [0.1, 0.15) is 29.8 Å². The van der Waals surface area contributed by atoms with Gasteiger partial charge in [0.2, 0.25) is 5.91 Å². The molecule has 4 rings (SSSR count). The Labute approximate surface area is 198 Å². The predicted octanol–water partition coefficient (Wildman–Crippen LogP) is 5.12. The number of amides is 1. The van der Waals surface area contributed by atoms with Crippen LogP contribution in [0.5, 0.6) is 5.75 Å². The summed E-state index contributed by atoms with van der Waals surface area (Å²) in [5.74, 6) is 0.976. The number of hydrogen-bond donors (Lipinski definition) is 1. The van der Waals surface area contributed by atoms with Crippen molar-refractivity contribution in [2.24, 2.45) is 0 Å². The van der Waals surface area contributed by atoms with Crippen molar-refractivity contribution in [3.63, 3.8) is 0 Å². The van der Waals surface area contributed by atoms with Gasteiger partial charge in [-0.15, -0.1) is 0 Å². The van der Waals surface area contributed by atoms with E-state index in [4.69, 9.17) is 4.74 Å². The van der Waals surface area contributed by atoms with Gasteiger partial charge in [-0.1, -0.05) is 48.2 Å². The second kappa shape index (κ2) is 10.8. The lowest BCUT2D eigenvalue weighted by Gasteiger charge is -2.16. The van der Waals surface area contributed by atoms with Crippen LogP contribution in [0, 0.1) is 6.92 Å². The van der Waals surface area contributed by atoms with Crippen molar-refractivity contribution in [3.8, 4) is 11.4 Å². The van der Waals surface area contributed by atoms with Crippen LogP contribution < -0.4 is 10.1 Å². The van der Waals surface area contributed by atoms with Crippen LogP contribution in [0.4, 0.5) is 0 Å². The number of ether oxygens (including phenoxy) is 1. The molecule has 33 heavy (non-hydrogen) atoms. The number of aryl methyl sites for hydroxylation is 1. The van der Waals surface area contributed by atoms with Gasteiger partial charge < -0.3 is 10.1 Å². The van der Waals surface area contributed by atoms with Crippen molar-refractivity contribution in [1.29, 1.82) is 0 Å². The fraction of sp³-hybridized carbons (Fsp3) is 0.192. The normalized spacial score (nSPS) is 11.7. The van der Waals surface area contributed by atoms with Crippen molar-refractivity contribution < 1.29 is 9.53 Å². The van der Waals surface area contributed by atoms with Gasteiger partial charge >= 0.3 is 0 Å². The third-order valence-corrected chi connectivity index (χ3v) is 6.13. The maximum absolute atomic E-state index is 12.6. The van der Waals surface area contributed by atoms with Gasteiger partial charge in [0, 0.05) is 18.6 Å². The second-order valence-corrected chi connectivity index (χ2v) is 8.57. The van der Waals surface area contributed by atoms with Crippen LogP contribution in [0.3, 0.4) is 0 Å². The molecule has 7 heteroatoms. The fourth-order valence-corrected chi connectivity index (χ4v) is 4.20. The van der Waals surface area contributed by atoms with Gasteiger partial charge in [0.05, 0.1) is 23.2 Å². The highest BCUT2D eigenvalue weighted by atomic mass is 32.2. The van der Waals surface area contributed by atoms with Crippen LogP contribution >= 0.6 is 11.8 Å². The quantitative estimate of drug-likeness (QED) is 0.353. The average Bonchev–Trinajstić information content (AvgIpc) is 3.31. The molecule has 6 nitrogen and oxygen atoms in total. The van der Waals surface area contributed by atoms with Gasteiger partial charge in [0.25, 0.3) is 0 Å². The number of imidazole rings is 1. The van der Waals surface area contributed by atoms with Crippen LogP contribution in [-0.4, -0.2) is 26.2 Å². The molecule has 0 aliphatic heterocycles. The minimum atomic E-state index is -0.146. The van der Waals surface area contributed by atoms with Gasteiger partial charge in [0.1, 0.15) is 12.4 Å². The van der Waals surface area contributed by atoms with E-state index in [0.717, 1.165) is 33.4 Å². The number of thioether (sulfide) groups is 1. The molecule has 2 aromatic carbocycles. The SMILES string of the molecule is Cc1ccccc1-n1ccnc1SCC(=O)NC(C)c1cccc(OCc2ccccn2)c1. The van der Waals surface area contributed by atoms with Crippen LogP contribution in [0.25, 0.3) is 5.69 Å². The highest BCUT2D eigenvalue weighted by molar-refractivity contribution is 7.99. The predicted molar refractivity (Wildman–Crippen MR) is 131 cm³/mol. The van der Waals surface area contributed by atoms with E-state index in [0.29, 0.717) is 6.61 Å². The largest absolute Gasteiger partial charge is 0.487 e. The molecule has 0 bridgehead atoms. The summed E-state index contributed by atoms with van der Waals surface area (Å²) in [5, 5.41) is 3.85. The van der Waals surface area contributed by atoms with Crippen molar-refractivity contribution >= 4 is 17.7 Å². The lowest BCUT2D eigenvalue weighted by molar-refractivity contribution is -0.119. The number of pyridine rings is 1. The Morgan fingerprint density at radius 3 is 2.73 bits per heavy atom. The molecule has 2 heterocycles. The minimum absolute atomic E-state index is 0.0494. The Hall–Kier alpha value is -3.58. The summed E-state index contributed by atoms with van der Waals surface area (Å²) in [6, 6.07) is 21.5. The Kier molecular flexibility index (Phi) is 7.42. The van der Waals surface area contributed by atoms with Crippen LogP contribution in [-0.2, 0) is 11.4 Å². The number of nitrogens with zero attached hydrogens (tertiary/aromatic N) is 3. The van der Waals surface area contributed by atoms with E-state index in [2.05, 4.69) is 28.3 Å². The lowest BCUT2D eigenvalue weighted by atomic mass is 10.1. The maximum Gasteiger partial charge on any atom is 0.230 e. The number of rotatable bonds is 9. The minimum Gasteiger partial charge on any atom is -0.487 e. The van der Waals surface area contributed by atoms with Gasteiger partial charge in [-0.3, -0.25) is 14.3 Å². The van der Waals surface area contributed by atoms with Crippen LogP contribution in [0.15, 0.2) is 90.5 Å². The summed E-state index contributed by atoms with van der Waals surface area (Å²) in [5.41, 5.74) is 4.06. The average molecular weight is 459 g/mol. The molecule has 0 saturated carbocycles. The van der Waals surface area contributed by atoms with E-state index >= 15 is 0 Å². The van der Waals surface area contributed by atoms with Gasteiger partial charge in [-0.05, 0) is 55.3 Å². The summed E-state index contributed by atoms with van der Waals surface area (Å²) >= 11 is 1.42. The molecule has 1 N–H and O–H groups in total. The molecule has 0 fully saturated rings. The summed E-state index contributed by atoms with van der Waals surface area (Å²) in [6.07, 6.45) is 5.42. The third kappa shape index (κ3) is 6.02. The summed E-state index contributed by atoms with van der Waals surface area (Å²) in [4.78, 5) is 21.3. The summed E-state index contributed by atoms with van der Waals surface area (Å²) < 4.78 is 7.87. The number of nitrogens with one attached hydrogen (secondary N) is 1. The van der Waals surface area contributed by atoms with E-state index in [1.807, 2.05) is 78.4 Å². The molecule has 1 atom stereocenters. The molecule has 168 valence electrons. The van der Waals surface area contributed by atoms with Gasteiger partial charge in [-0.25, -0.2) is 4.98 Å². The molecule has 0 aliphatic carbocycles. The van der Waals surface area contributed by atoms with Crippen molar-refractivity contribution in [2.45, 2.75) is 31.7 Å². The maximum atomic E-state index is 12.6. The highest BCUT2D eigenvalue weighted by Gasteiger charge is 2.14. The molecular weight excluding hydrogens is 432 g/mol. The Balaban J connectivity index is 1.32. The monoisotopic (exact) mass is 458 g/mol. The van der Waals surface area contributed by atoms with Crippen LogP contribution in [0.2, 0.25) is 0 Å². The molecule has 1 unspecified atom stereocenters. The first-order valence-corrected chi connectivity index (χ1v) is 11.7. The van der Waals surface area contributed by atoms with E-state index in [-0.39, 0.29) is 17.7 Å². The Morgan fingerprint density at radius 2 is 1.91 bits per heavy atom. The smallest absolute Gasteiger partial charge is 0.230 e. The fourth-order valence-electron chi connectivity index (χ4n) is 3.42. The molecule has 1 amide bonds. The zero-order valence-corrected chi connectivity index (χ0v) is 19.5. The molecule has 0 radical (unpaired) electrons. The number of carbonyl (C=O) groups excluding carboxylic acids is 1. The first-order chi connectivity index (χ1) is 16.1. The Bertz CT molecular complexity index is 1210. The van der Waals surface area contributed by atoms with Gasteiger partial charge in [0.15, 0.2) is 5.16 Å². The number of benzene rings is 2. The molecule has 0 aliphatic rings. The second-order valence-electron chi connectivity index (χ2n) is 7.63. The zero-order chi connectivity index (χ0) is 23.0. The number of carbonyl (C=O) groups is 1. The number of para-hydroxylation sites is 1. The summed E-state index contributed by atoms with van der Waals surface area (Å²) in [6.45, 7) is 4.43. The lowest BCUT2D eigenvalue weighted by Crippen LogP contribution is -2.28. The number of hydrogen-bond acceptors (Lipinski definition) is 5. The molecule has 0 saturated heterocycles. The number of aromatic nitrogens is 3. The molecular formula is C26H26N4O2S. The zero-order valence-electron chi connectivity index (χ0n) is 18.6. The van der Waals surface area contributed by atoms with Crippen molar-refractivity contribution in [1.82, 2.24) is 19.9 Å². The first kappa shape index (κ1) is 22.6. The standard InChI is InChI=1S/C26H26N4O2S/c1-19-8-3-4-12-24(19)30-15-14-28-26(30)33-18-25(31)29-20(2)21-9-7-11-23(16-21)32-17-22-10-5-6-13-27-22/h3-16,20H,17-18H2,1-2H3,(H,29,31). The van der Waals surface area contributed by atoms with E-state index < -0.39 is 0 Å². The van der Waals surface area contributed by atoms with Gasteiger partial charge in [-0.2, -0.15) is 0 Å². The third-order valence-electron chi connectivity index (χ3n) is 5.16. The van der Waals surface area contributed by atoms with Crippen molar-refractivity contribution in [3.05, 3.63) is 102 Å². The summed E-state index contributed by atoms with van der Waals surface area (Å²) in [7, 11) is 0. The Morgan fingerprint density at radius 1 is 1.06 bits per heavy atom. The highest BCUT2D eigenvalue weighted by Crippen LogP contribution is 2.23. The first-order valence-electron chi connectivity index (χ1n) is 10.7. The van der Waals surface area contributed by atoms with E-state index in [1.165, 1.54) is 11.8 Å². The molecule has 0 spiro atoms. The topological polar surface area (TPSA) is 69.0 Å². The van der Waals surface area contributed by atoms with E-state index in [9.17, 15) is 4.79 Å². The molecule has 4 aromatic rings. The van der Waals surface area contributed by atoms with Crippen molar-refractivity contribution in [2.75, 3.05) is 5.75 Å². The van der Waals surface area contributed by atoms with E-state index in [1.54, 1.807) is 12.4 Å². The molecule has 2 aromatic heterocycles.